The maximum atomic E-state index is 12.4. The van der Waals surface area contributed by atoms with Gasteiger partial charge in [-0.3, -0.25) is 34.7 Å². The van der Waals surface area contributed by atoms with Gasteiger partial charge in [-0.15, -0.1) is 5.12 Å². The van der Waals surface area contributed by atoms with E-state index in [-0.39, 0.29) is 19.5 Å². The zero-order chi connectivity index (χ0) is 20.1. The van der Waals surface area contributed by atoms with Crippen molar-refractivity contribution >= 4 is 29.5 Å². The number of carbonyl (C=O) groups is 5. The van der Waals surface area contributed by atoms with Crippen molar-refractivity contribution in [1.29, 1.82) is 0 Å². The molecule has 0 aromatic rings. The quantitative estimate of drug-likeness (QED) is 0.238. The zero-order valence-corrected chi connectivity index (χ0v) is 15.4. The van der Waals surface area contributed by atoms with Crippen LogP contribution in [0.25, 0.3) is 0 Å². The fraction of sp³-hybridized carbons (Fsp3) is 0.667. The van der Waals surface area contributed by atoms with Crippen LogP contribution in [0.3, 0.4) is 0 Å². The lowest BCUT2D eigenvalue weighted by molar-refractivity contribution is -0.168. The first-order chi connectivity index (χ1) is 12.3. The van der Waals surface area contributed by atoms with Crippen LogP contribution in [0.5, 0.6) is 0 Å². The summed E-state index contributed by atoms with van der Waals surface area (Å²) < 4.78 is 4.92. The summed E-state index contributed by atoms with van der Waals surface area (Å²) in [6.45, 7) is 3.90. The van der Waals surface area contributed by atoms with Gasteiger partial charge in [-0.1, -0.05) is 20.3 Å². The Morgan fingerprint density at radius 3 is 2.15 bits per heavy atom. The Bertz CT molecular complexity index is 525. The molecule has 26 heavy (non-hydrogen) atoms. The van der Waals surface area contributed by atoms with Gasteiger partial charge in [-0.2, -0.15) is 0 Å². The van der Waals surface area contributed by atoms with Gasteiger partial charge in [0.25, 0.3) is 0 Å². The highest BCUT2D eigenvalue weighted by molar-refractivity contribution is 6.37. The highest BCUT2D eigenvalue weighted by Crippen LogP contribution is 2.03. The molecular weight excluding hydrogens is 346 g/mol. The lowest BCUT2D eigenvalue weighted by Gasteiger charge is -2.34. The van der Waals surface area contributed by atoms with Gasteiger partial charge < -0.3 is 10.5 Å². The molecule has 0 atom stereocenters. The molecule has 0 saturated carbocycles. The van der Waals surface area contributed by atoms with Crippen molar-refractivity contribution in [2.45, 2.75) is 39.5 Å². The predicted molar refractivity (Wildman–Crippen MR) is 90.6 cm³/mol. The summed E-state index contributed by atoms with van der Waals surface area (Å²) in [5, 5.41) is 3.97. The summed E-state index contributed by atoms with van der Waals surface area (Å²) in [5.74, 6) is -5.15. The summed E-state index contributed by atoms with van der Waals surface area (Å²) in [5.41, 5.74) is 7.12. The molecule has 5 amide bonds. The van der Waals surface area contributed by atoms with E-state index >= 15 is 0 Å². The summed E-state index contributed by atoms with van der Waals surface area (Å²) in [7, 11) is 1.48. The average Bonchev–Trinajstić information content (AvgIpc) is 2.61. The van der Waals surface area contributed by atoms with E-state index in [9.17, 15) is 24.0 Å². The number of carbonyl (C=O) groups excluding carboxylic acids is 5. The number of methoxy groups -OCH3 is 1. The van der Waals surface area contributed by atoms with E-state index in [1.807, 2.05) is 12.2 Å². The molecule has 11 heteroatoms. The highest BCUT2D eigenvalue weighted by Gasteiger charge is 2.29. The van der Waals surface area contributed by atoms with Crippen molar-refractivity contribution in [1.82, 2.24) is 20.9 Å². The van der Waals surface area contributed by atoms with Crippen molar-refractivity contribution in [3.8, 4) is 0 Å². The van der Waals surface area contributed by atoms with Gasteiger partial charge in [-0.05, 0) is 12.8 Å². The van der Waals surface area contributed by atoms with E-state index in [0.717, 1.165) is 10.1 Å². The van der Waals surface area contributed by atoms with Crippen LogP contribution in [0, 0.1) is 0 Å². The molecule has 0 rings (SSSR count). The molecule has 11 nitrogen and oxygen atoms in total. The lowest BCUT2D eigenvalue weighted by atomic mass is 10.3. The van der Waals surface area contributed by atoms with Crippen molar-refractivity contribution in [2.75, 3.05) is 26.8 Å². The Morgan fingerprint density at radius 2 is 1.65 bits per heavy atom. The third kappa shape index (κ3) is 8.53. The third-order valence-electron chi connectivity index (χ3n) is 3.19. The van der Waals surface area contributed by atoms with Crippen molar-refractivity contribution in [3.05, 3.63) is 0 Å². The molecule has 0 heterocycles. The summed E-state index contributed by atoms with van der Waals surface area (Å²) in [6, 6.07) is 0. The molecule has 0 aliphatic rings. The summed E-state index contributed by atoms with van der Waals surface area (Å²) in [4.78, 5) is 58.4. The maximum absolute atomic E-state index is 12.4. The molecule has 0 aliphatic carbocycles. The number of rotatable bonds is 10. The normalized spacial score (nSPS) is 10.3. The number of primary amides is 1. The molecule has 0 aliphatic heterocycles. The van der Waals surface area contributed by atoms with Crippen LogP contribution in [0.1, 0.15) is 39.5 Å². The summed E-state index contributed by atoms with van der Waals surface area (Å²) in [6.07, 6.45) is 1.65. The monoisotopic (exact) mass is 373 g/mol. The van der Waals surface area contributed by atoms with Crippen molar-refractivity contribution in [3.63, 3.8) is 0 Å². The molecule has 0 aromatic carbocycles. The smallest absolute Gasteiger partial charge is 0.328 e. The highest BCUT2D eigenvalue weighted by atomic mass is 16.5. The minimum absolute atomic E-state index is 0.0317. The maximum Gasteiger partial charge on any atom is 0.328 e. The molecule has 0 radical (unpaired) electrons. The number of amides is 5. The number of nitrogens with two attached hydrogens (primary N) is 1. The van der Waals surface area contributed by atoms with E-state index in [0.29, 0.717) is 25.9 Å². The molecule has 0 bridgehead atoms. The first-order valence-electron chi connectivity index (χ1n) is 8.30. The first-order valence-corrected chi connectivity index (χ1v) is 8.30. The second-order valence-corrected chi connectivity index (χ2v) is 5.29. The van der Waals surface area contributed by atoms with E-state index in [4.69, 9.17) is 10.5 Å². The van der Waals surface area contributed by atoms with Gasteiger partial charge in [0.2, 0.25) is 5.91 Å². The van der Waals surface area contributed by atoms with Crippen molar-refractivity contribution in [2.24, 2.45) is 5.73 Å². The number of nitrogens with zero attached hydrogens (tertiary/aromatic N) is 2. The number of imide groups is 1. The molecule has 0 fully saturated rings. The third-order valence-corrected chi connectivity index (χ3v) is 3.19. The second kappa shape index (κ2) is 12.8. The molecule has 0 saturated heterocycles. The van der Waals surface area contributed by atoms with E-state index < -0.39 is 29.5 Å². The van der Waals surface area contributed by atoms with Gasteiger partial charge in [0.1, 0.15) is 0 Å². The topological polar surface area (TPSA) is 151 Å². The standard InChI is InChI=1S/C15H27N5O6/c1-4-6-8-19(15(25)14(24)17-11(21)5-2)20(9-7-10-26-3)18-13(23)12(16)22/h4-10H2,1-3H3,(H2,16,22)(H,18,23)(H,17,21,24). The molecule has 0 spiro atoms. The van der Waals surface area contributed by atoms with Gasteiger partial charge in [0, 0.05) is 33.2 Å². The van der Waals surface area contributed by atoms with Crippen LogP contribution in [0.2, 0.25) is 0 Å². The van der Waals surface area contributed by atoms with E-state index in [1.165, 1.54) is 14.0 Å². The van der Waals surface area contributed by atoms with Crippen molar-refractivity contribution < 1.29 is 28.7 Å². The van der Waals surface area contributed by atoms with Gasteiger partial charge in [0.15, 0.2) is 0 Å². The van der Waals surface area contributed by atoms with Crippen LogP contribution in [0.4, 0.5) is 0 Å². The fourth-order valence-electron chi connectivity index (χ4n) is 1.79. The van der Waals surface area contributed by atoms with Crippen LogP contribution in [0.15, 0.2) is 0 Å². The zero-order valence-electron chi connectivity index (χ0n) is 15.4. The van der Waals surface area contributed by atoms with Gasteiger partial charge in [0.05, 0.1) is 0 Å². The Balaban J connectivity index is 5.39. The minimum atomic E-state index is -1.24. The fourth-order valence-corrected chi connectivity index (χ4v) is 1.79. The average molecular weight is 373 g/mol. The van der Waals surface area contributed by atoms with Crippen LogP contribution >= 0.6 is 0 Å². The molecule has 148 valence electrons. The Hall–Kier alpha value is -2.53. The number of nitrogens with one attached hydrogen (secondary N) is 2. The number of hydrazine groups is 2. The Labute approximate surface area is 152 Å². The Morgan fingerprint density at radius 1 is 1.00 bits per heavy atom. The SMILES string of the molecule is CCCCN(C(=O)C(=O)NC(=O)CC)N(CCCOC)NC(=O)C(N)=O. The van der Waals surface area contributed by atoms with Crippen LogP contribution in [-0.4, -0.2) is 66.5 Å². The van der Waals surface area contributed by atoms with Crippen LogP contribution in [-0.2, 0) is 28.7 Å². The number of ether oxygens (including phenoxy) is 1. The number of hydrogen-bond acceptors (Lipinski definition) is 7. The van der Waals surface area contributed by atoms with E-state index in [1.54, 1.807) is 0 Å². The molecular formula is C15H27N5O6. The first kappa shape index (κ1) is 23.5. The molecule has 4 N–H and O–H groups in total. The van der Waals surface area contributed by atoms with Gasteiger partial charge in [-0.25, -0.2) is 5.01 Å². The number of hydrogen-bond donors (Lipinski definition) is 3. The number of unbranched alkanes of at least 4 members (excludes halogenated alkanes) is 1. The van der Waals surface area contributed by atoms with Gasteiger partial charge >= 0.3 is 23.6 Å². The summed E-state index contributed by atoms with van der Waals surface area (Å²) >= 11 is 0. The predicted octanol–water partition coefficient (Wildman–Crippen LogP) is -1.56. The largest absolute Gasteiger partial charge is 0.385 e. The lowest BCUT2D eigenvalue weighted by Crippen LogP contribution is -2.60. The molecule has 0 aromatic heterocycles. The minimum Gasteiger partial charge on any atom is -0.385 e. The second-order valence-electron chi connectivity index (χ2n) is 5.29. The van der Waals surface area contributed by atoms with Crippen LogP contribution < -0.4 is 16.5 Å². The Kier molecular flexibility index (Phi) is 11.5. The van der Waals surface area contributed by atoms with E-state index in [2.05, 4.69) is 5.43 Å². The molecule has 0 unspecified atom stereocenters.